The number of rotatable bonds is 3. The minimum Gasteiger partial charge on any atom is -0.477 e. The lowest BCUT2D eigenvalue weighted by Crippen LogP contribution is -2.63. The zero-order valence-electron chi connectivity index (χ0n) is 15.6. The maximum Gasteiger partial charge on any atom is 0.341 e. The number of fused-ring (bicyclic) bond motifs is 1. The zero-order valence-corrected chi connectivity index (χ0v) is 16.4. The van der Waals surface area contributed by atoms with Crippen LogP contribution in [0.1, 0.15) is 17.3 Å². The number of carboxylic acids is 1. The quantitative estimate of drug-likeness (QED) is 0.655. The van der Waals surface area contributed by atoms with Crippen molar-refractivity contribution in [2.75, 3.05) is 11.4 Å². The molecule has 0 unspecified atom stereocenters. The minimum atomic E-state index is -1.54. The number of nitrogens with zero attached hydrogens (tertiary/aromatic N) is 2. The number of nitrogens with two attached hydrogens (primary N) is 1. The molecule has 6 nitrogen and oxygen atoms in total. The summed E-state index contributed by atoms with van der Waals surface area (Å²) in [4.78, 5) is 25.8. The van der Waals surface area contributed by atoms with E-state index in [9.17, 15) is 27.9 Å². The summed E-state index contributed by atoms with van der Waals surface area (Å²) in [6, 6.07) is 4.76. The van der Waals surface area contributed by atoms with Crippen molar-refractivity contribution in [3.63, 3.8) is 0 Å². The Morgan fingerprint density at radius 3 is 2.37 bits per heavy atom. The molecule has 1 saturated heterocycles. The lowest BCUT2D eigenvalue weighted by atomic mass is 9.97. The van der Waals surface area contributed by atoms with Gasteiger partial charge < -0.3 is 20.3 Å². The average molecular weight is 440 g/mol. The van der Waals surface area contributed by atoms with E-state index in [-0.39, 0.29) is 46.8 Å². The summed E-state index contributed by atoms with van der Waals surface area (Å²) in [6.07, 6.45) is 0.955. The number of benzene rings is 2. The van der Waals surface area contributed by atoms with Crippen LogP contribution in [0.5, 0.6) is 0 Å². The Morgan fingerprint density at radius 2 is 1.80 bits per heavy atom. The summed E-state index contributed by atoms with van der Waals surface area (Å²) in [6.45, 7) is 2.21. The van der Waals surface area contributed by atoms with Crippen molar-refractivity contribution in [3.8, 4) is 5.69 Å². The lowest BCUT2D eigenvalue weighted by molar-refractivity contribution is 0.0695. The van der Waals surface area contributed by atoms with Gasteiger partial charge in [0.05, 0.1) is 16.9 Å². The normalized spacial score (nSPS) is 18.1. The number of pyridine rings is 1. The highest BCUT2D eigenvalue weighted by atomic mass is 35.5. The van der Waals surface area contributed by atoms with Crippen LogP contribution < -0.4 is 16.1 Å². The van der Waals surface area contributed by atoms with E-state index in [1.807, 2.05) is 6.92 Å². The Labute approximate surface area is 174 Å². The fraction of sp³-hybridized carbons (Fsp3) is 0.200. The molecule has 0 amide bonds. The van der Waals surface area contributed by atoms with Crippen LogP contribution in [-0.2, 0) is 0 Å². The fourth-order valence-corrected chi connectivity index (χ4v) is 3.54. The largest absolute Gasteiger partial charge is 0.477 e. The van der Waals surface area contributed by atoms with E-state index in [1.165, 1.54) is 6.07 Å². The Balaban J connectivity index is 0.00000256. The molecule has 0 saturated carbocycles. The molecule has 0 aliphatic carbocycles. The minimum absolute atomic E-state index is 0. The summed E-state index contributed by atoms with van der Waals surface area (Å²) >= 11 is 0. The molecule has 30 heavy (non-hydrogen) atoms. The van der Waals surface area contributed by atoms with Gasteiger partial charge in [0.1, 0.15) is 23.0 Å². The van der Waals surface area contributed by atoms with Gasteiger partial charge in [-0.1, -0.05) is 0 Å². The molecule has 1 aromatic heterocycles. The van der Waals surface area contributed by atoms with Crippen LogP contribution in [0.2, 0.25) is 0 Å². The molecule has 158 valence electrons. The van der Waals surface area contributed by atoms with Gasteiger partial charge in [0, 0.05) is 36.3 Å². The molecule has 1 fully saturated rings. The highest BCUT2D eigenvalue weighted by Gasteiger charge is 2.34. The molecule has 1 aliphatic rings. The second-order valence-corrected chi connectivity index (χ2v) is 7.02. The van der Waals surface area contributed by atoms with Gasteiger partial charge in [0.25, 0.3) is 0 Å². The van der Waals surface area contributed by atoms with Crippen LogP contribution in [-0.4, -0.2) is 34.3 Å². The van der Waals surface area contributed by atoms with E-state index in [0.29, 0.717) is 12.6 Å². The molecule has 4 rings (SSSR count). The van der Waals surface area contributed by atoms with Gasteiger partial charge in [0.2, 0.25) is 5.43 Å². The van der Waals surface area contributed by atoms with Crippen molar-refractivity contribution in [1.82, 2.24) is 4.57 Å². The third-order valence-electron chi connectivity index (χ3n) is 5.30. The van der Waals surface area contributed by atoms with E-state index < -0.39 is 34.4 Å². The highest BCUT2D eigenvalue weighted by molar-refractivity contribution is 5.94. The van der Waals surface area contributed by atoms with E-state index in [2.05, 4.69) is 0 Å². The molecule has 0 spiro atoms. The van der Waals surface area contributed by atoms with Crippen molar-refractivity contribution < 1.29 is 23.1 Å². The maximum absolute atomic E-state index is 14.8. The fourth-order valence-electron chi connectivity index (χ4n) is 3.54. The van der Waals surface area contributed by atoms with Crippen molar-refractivity contribution in [2.45, 2.75) is 19.0 Å². The molecule has 2 atom stereocenters. The number of hydrogen-bond acceptors (Lipinski definition) is 4. The molecule has 2 aromatic carbocycles. The van der Waals surface area contributed by atoms with E-state index in [1.54, 1.807) is 4.90 Å². The van der Waals surface area contributed by atoms with E-state index in [0.717, 1.165) is 29.0 Å². The molecule has 2 heterocycles. The second kappa shape index (κ2) is 7.66. The van der Waals surface area contributed by atoms with Gasteiger partial charge in [-0.3, -0.25) is 4.79 Å². The van der Waals surface area contributed by atoms with Gasteiger partial charge in [-0.2, -0.15) is 0 Å². The van der Waals surface area contributed by atoms with Crippen LogP contribution in [0.4, 0.5) is 18.9 Å². The van der Waals surface area contributed by atoms with Crippen LogP contribution in [0.25, 0.3) is 16.6 Å². The first kappa shape index (κ1) is 21.7. The molecule has 1 aliphatic heterocycles. The Hall–Kier alpha value is -3.04. The highest BCUT2D eigenvalue weighted by Crippen LogP contribution is 2.32. The monoisotopic (exact) mass is 439 g/mol. The first-order valence-corrected chi connectivity index (χ1v) is 8.79. The molecular weight excluding hydrogens is 423 g/mol. The third kappa shape index (κ3) is 3.29. The number of carbonyl (C=O) groups is 1. The summed E-state index contributed by atoms with van der Waals surface area (Å²) in [5.41, 5.74) is 4.39. The summed E-state index contributed by atoms with van der Waals surface area (Å²) in [5.74, 6) is -4.04. The topological polar surface area (TPSA) is 88.6 Å². The Morgan fingerprint density at radius 1 is 1.13 bits per heavy atom. The van der Waals surface area contributed by atoms with Crippen LogP contribution in [0, 0.1) is 17.5 Å². The van der Waals surface area contributed by atoms with Crippen molar-refractivity contribution in [1.29, 1.82) is 0 Å². The molecule has 3 N–H and O–H groups in total. The average Bonchev–Trinajstić information content (AvgIpc) is 2.66. The lowest BCUT2D eigenvalue weighted by Gasteiger charge is -2.46. The number of halogens is 4. The summed E-state index contributed by atoms with van der Waals surface area (Å²) < 4.78 is 43.7. The standard InChI is InChI=1S/C20H16F3N3O3.ClH/c1-9-15(24)8-25(9)18-6-17-11(5-14(18)23)19(27)12(20(28)29)7-26(17)16-3-2-10(21)4-13(16)22;/h2-7,9,15H,8,24H2,1H3,(H,28,29);1H/t9-,15+;/m0./s1. The first-order chi connectivity index (χ1) is 13.7. The van der Waals surface area contributed by atoms with Crippen LogP contribution in [0.15, 0.2) is 41.3 Å². The number of anilines is 1. The molecule has 0 bridgehead atoms. The number of aromatic nitrogens is 1. The number of aromatic carboxylic acids is 1. The predicted molar refractivity (Wildman–Crippen MR) is 108 cm³/mol. The van der Waals surface area contributed by atoms with Gasteiger partial charge in [-0.05, 0) is 31.2 Å². The second-order valence-electron chi connectivity index (χ2n) is 7.02. The molecule has 3 aromatic rings. The predicted octanol–water partition coefficient (Wildman–Crippen LogP) is 3.06. The molecular formula is C20H17ClF3N3O3. The van der Waals surface area contributed by atoms with Crippen molar-refractivity contribution >= 4 is 35.0 Å². The third-order valence-corrected chi connectivity index (χ3v) is 5.30. The van der Waals surface area contributed by atoms with Gasteiger partial charge in [-0.25, -0.2) is 18.0 Å². The van der Waals surface area contributed by atoms with E-state index in [4.69, 9.17) is 5.73 Å². The summed E-state index contributed by atoms with van der Waals surface area (Å²) in [7, 11) is 0. The molecule has 0 radical (unpaired) electrons. The first-order valence-electron chi connectivity index (χ1n) is 8.79. The maximum atomic E-state index is 14.8. The van der Waals surface area contributed by atoms with E-state index >= 15 is 0 Å². The van der Waals surface area contributed by atoms with Gasteiger partial charge in [-0.15, -0.1) is 12.4 Å². The zero-order chi connectivity index (χ0) is 21.0. The number of hydrogen-bond donors (Lipinski definition) is 2. The SMILES string of the molecule is C[C@H]1[C@H](N)CN1c1cc2c(cc1F)c(=O)c(C(=O)O)cn2-c1ccc(F)cc1F.Cl. The smallest absolute Gasteiger partial charge is 0.341 e. The summed E-state index contributed by atoms with van der Waals surface area (Å²) in [5, 5.41) is 9.12. The Bertz CT molecular complexity index is 1230. The van der Waals surface area contributed by atoms with Gasteiger partial charge >= 0.3 is 5.97 Å². The Kier molecular flexibility index (Phi) is 5.53. The number of carboxylic acid groups (broad SMARTS) is 1. The molecule has 10 heteroatoms. The van der Waals surface area contributed by atoms with Crippen molar-refractivity contribution in [2.24, 2.45) is 5.73 Å². The van der Waals surface area contributed by atoms with Crippen LogP contribution in [0.3, 0.4) is 0 Å². The van der Waals surface area contributed by atoms with Crippen molar-refractivity contribution in [3.05, 3.63) is 69.8 Å². The van der Waals surface area contributed by atoms with Gasteiger partial charge in [0.15, 0.2) is 0 Å². The van der Waals surface area contributed by atoms with Crippen LogP contribution >= 0.6 is 12.4 Å².